The highest BCUT2D eigenvalue weighted by molar-refractivity contribution is 14.1. The normalized spacial score (nSPS) is 12.8. The third-order valence-corrected chi connectivity index (χ3v) is 5.48. The van der Waals surface area contributed by atoms with Gasteiger partial charge in [0.15, 0.2) is 5.11 Å². The van der Waals surface area contributed by atoms with E-state index in [0.717, 1.165) is 33.4 Å². The largest absolute Gasteiger partial charge is 0.496 e. The number of thiocarbonyl (C=S) groups is 1. The van der Waals surface area contributed by atoms with Gasteiger partial charge in [0, 0.05) is 22.9 Å². The summed E-state index contributed by atoms with van der Waals surface area (Å²) in [7, 11) is 1.58. The molecule has 0 radical (unpaired) electrons. The number of rotatable bonds is 5. The van der Waals surface area contributed by atoms with Crippen LogP contribution in [0.4, 0.5) is 11.4 Å². The molecule has 2 aromatic carbocycles. The van der Waals surface area contributed by atoms with Crippen molar-refractivity contribution in [1.82, 2.24) is 5.32 Å². The summed E-state index contributed by atoms with van der Waals surface area (Å²) in [4.78, 5) is 24.4. The average Bonchev–Trinajstić information content (AvgIpc) is 3.50. The second-order valence-corrected chi connectivity index (χ2v) is 8.07. The highest BCUT2D eigenvalue weighted by Crippen LogP contribution is 2.31. The lowest BCUT2D eigenvalue weighted by atomic mass is 10.1. The number of amides is 2. The van der Waals surface area contributed by atoms with Gasteiger partial charge in [-0.15, -0.1) is 0 Å². The van der Waals surface area contributed by atoms with Gasteiger partial charge in [-0.05, 0) is 90.5 Å². The van der Waals surface area contributed by atoms with Crippen LogP contribution in [0.3, 0.4) is 0 Å². The number of carbonyl (C=O) groups is 2. The van der Waals surface area contributed by atoms with E-state index in [9.17, 15) is 9.59 Å². The van der Waals surface area contributed by atoms with Crippen molar-refractivity contribution in [3.63, 3.8) is 0 Å². The number of hydrogen-bond acceptors (Lipinski definition) is 4. The fraction of sp³-hybridized carbons (Fsp3) is 0.250. The summed E-state index contributed by atoms with van der Waals surface area (Å²) in [5.41, 5.74) is 2.80. The van der Waals surface area contributed by atoms with Crippen molar-refractivity contribution in [2.45, 2.75) is 19.8 Å². The highest BCUT2D eigenvalue weighted by Gasteiger charge is 2.29. The Morgan fingerprint density at radius 2 is 1.82 bits per heavy atom. The first-order valence-electron chi connectivity index (χ1n) is 8.75. The van der Waals surface area contributed by atoms with Gasteiger partial charge in [0.25, 0.3) is 5.91 Å². The average molecular weight is 509 g/mol. The van der Waals surface area contributed by atoms with Gasteiger partial charge in [0.05, 0.1) is 10.7 Å². The summed E-state index contributed by atoms with van der Waals surface area (Å²) in [6.07, 6.45) is 1.90. The van der Waals surface area contributed by atoms with Crippen molar-refractivity contribution in [2.75, 3.05) is 17.7 Å². The van der Waals surface area contributed by atoms with E-state index in [1.165, 1.54) is 0 Å². The minimum atomic E-state index is -0.311. The second-order valence-electron chi connectivity index (χ2n) is 6.50. The Labute approximate surface area is 182 Å². The standard InChI is InChI=1S/C20H20IN3O3S/c1-11-15(22-18(25)12-6-7-12)4-3-5-16(11)23-20(28)24-19(26)13-8-9-17(27-2)14(21)10-13/h3-5,8-10,12H,6-7H2,1-2H3,(H,22,25)(H2,23,24,26,28). The minimum absolute atomic E-state index is 0.0465. The Kier molecular flexibility index (Phi) is 6.50. The molecular formula is C20H20IN3O3S. The number of ether oxygens (including phenoxy) is 1. The summed E-state index contributed by atoms with van der Waals surface area (Å²) < 4.78 is 6.04. The molecule has 0 saturated heterocycles. The third-order valence-electron chi connectivity index (χ3n) is 4.43. The van der Waals surface area contributed by atoms with Gasteiger partial charge in [0.2, 0.25) is 5.91 Å². The molecule has 6 nitrogen and oxygen atoms in total. The van der Waals surface area contributed by atoms with Crippen LogP contribution in [0.2, 0.25) is 0 Å². The molecule has 1 aliphatic rings. The number of nitrogens with one attached hydrogen (secondary N) is 3. The van der Waals surface area contributed by atoms with E-state index >= 15 is 0 Å². The number of hydrogen-bond donors (Lipinski definition) is 3. The van der Waals surface area contributed by atoms with Gasteiger partial charge < -0.3 is 15.4 Å². The van der Waals surface area contributed by atoms with Crippen molar-refractivity contribution in [1.29, 1.82) is 0 Å². The van der Waals surface area contributed by atoms with Crippen molar-refractivity contribution < 1.29 is 14.3 Å². The van der Waals surface area contributed by atoms with Gasteiger partial charge >= 0.3 is 0 Å². The molecule has 3 N–H and O–H groups in total. The maximum Gasteiger partial charge on any atom is 0.257 e. The number of benzene rings is 2. The summed E-state index contributed by atoms with van der Waals surface area (Å²) in [5.74, 6) is 0.571. The Balaban J connectivity index is 1.65. The quantitative estimate of drug-likeness (QED) is 0.418. The predicted molar refractivity (Wildman–Crippen MR) is 122 cm³/mol. The van der Waals surface area contributed by atoms with Crippen LogP contribution in [0.25, 0.3) is 0 Å². The Morgan fingerprint density at radius 1 is 1.14 bits per heavy atom. The van der Waals surface area contributed by atoms with Crippen LogP contribution in [-0.4, -0.2) is 24.0 Å². The monoisotopic (exact) mass is 509 g/mol. The molecule has 0 atom stereocenters. The smallest absolute Gasteiger partial charge is 0.257 e. The molecule has 0 unspecified atom stereocenters. The number of methoxy groups -OCH3 is 1. The van der Waals surface area contributed by atoms with Crippen LogP contribution in [-0.2, 0) is 4.79 Å². The molecule has 0 aromatic heterocycles. The summed E-state index contributed by atoms with van der Waals surface area (Å²) in [5, 5.41) is 8.84. The zero-order valence-electron chi connectivity index (χ0n) is 15.5. The third kappa shape index (κ3) is 4.99. The van der Waals surface area contributed by atoms with Gasteiger partial charge in [-0.3, -0.25) is 14.9 Å². The van der Waals surface area contributed by atoms with E-state index < -0.39 is 0 Å². The van der Waals surface area contributed by atoms with Crippen LogP contribution in [0.15, 0.2) is 36.4 Å². The van der Waals surface area contributed by atoms with E-state index in [4.69, 9.17) is 17.0 Å². The molecule has 2 amide bonds. The van der Waals surface area contributed by atoms with E-state index in [2.05, 4.69) is 38.5 Å². The first-order valence-corrected chi connectivity index (χ1v) is 10.2. The maximum atomic E-state index is 12.4. The van der Waals surface area contributed by atoms with E-state index in [1.807, 2.05) is 25.1 Å². The van der Waals surface area contributed by atoms with Crippen LogP contribution < -0.4 is 20.7 Å². The summed E-state index contributed by atoms with van der Waals surface area (Å²) in [6.45, 7) is 1.89. The topological polar surface area (TPSA) is 79.5 Å². The number of carbonyl (C=O) groups excluding carboxylic acids is 2. The molecule has 0 spiro atoms. The molecule has 8 heteroatoms. The van der Waals surface area contributed by atoms with E-state index in [1.54, 1.807) is 25.3 Å². The van der Waals surface area contributed by atoms with Crippen LogP contribution in [0.5, 0.6) is 5.75 Å². The Morgan fingerprint density at radius 3 is 2.43 bits per heavy atom. The van der Waals surface area contributed by atoms with Crippen molar-refractivity contribution in [3.8, 4) is 5.75 Å². The van der Waals surface area contributed by atoms with Crippen LogP contribution in [0.1, 0.15) is 28.8 Å². The molecule has 0 bridgehead atoms. The molecule has 2 aromatic rings. The van der Waals surface area contributed by atoms with Crippen molar-refractivity contribution in [2.24, 2.45) is 5.92 Å². The molecular weight excluding hydrogens is 489 g/mol. The van der Waals surface area contributed by atoms with Crippen LogP contribution >= 0.6 is 34.8 Å². The fourth-order valence-corrected chi connectivity index (χ4v) is 3.56. The molecule has 1 saturated carbocycles. The van der Waals surface area contributed by atoms with Gasteiger partial charge in [0.1, 0.15) is 5.75 Å². The van der Waals surface area contributed by atoms with Crippen molar-refractivity contribution in [3.05, 3.63) is 51.1 Å². The van der Waals surface area contributed by atoms with Gasteiger partial charge in [-0.1, -0.05) is 6.07 Å². The fourth-order valence-electron chi connectivity index (χ4n) is 2.62. The Bertz CT molecular complexity index is 944. The molecule has 0 aliphatic heterocycles. The molecule has 146 valence electrons. The van der Waals surface area contributed by atoms with E-state index in [0.29, 0.717) is 11.3 Å². The van der Waals surface area contributed by atoms with Gasteiger partial charge in [-0.2, -0.15) is 0 Å². The zero-order valence-corrected chi connectivity index (χ0v) is 18.4. The maximum absolute atomic E-state index is 12.4. The van der Waals surface area contributed by atoms with Crippen molar-refractivity contribution >= 4 is 63.1 Å². The molecule has 1 fully saturated rings. The van der Waals surface area contributed by atoms with Crippen LogP contribution in [0, 0.1) is 16.4 Å². The predicted octanol–water partition coefficient (Wildman–Crippen LogP) is 4.08. The lowest BCUT2D eigenvalue weighted by Gasteiger charge is -2.15. The number of anilines is 2. The molecule has 0 heterocycles. The zero-order chi connectivity index (χ0) is 20.3. The van der Waals surface area contributed by atoms with E-state index in [-0.39, 0.29) is 22.8 Å². The first-order chi connectivity index (χ1) is 13.4. The second kappa shape index (κ2) is 8.87. The Hall–Kier alpha value is -2.20. The minimum Gasteiger partial charge on any atom is -0.496 e. The molecule has 28 heavy (non-hydrogen) atoms. The molecule has 3 rings (SSSR count). The first kappa shape index (κ1) is 20.5. The lowest BCUT2D eigenvalue weighted by molar-refractivity contribution is -0.117. The summed E-state index contributed by atoms with van der Waals surface area (Å²) in [6, 6.07) is 10.7. The SMILES string of the molecule is COc1ccc(C(=O)NC(=S)Nc2cccc(NC(=O)C3CC3)c2C)cc1I. The lowest BCUT2D eigenvalue weighted by Crippen LogP contribution is -2.34. The summed E-state index contributed by atoms with van der Waals surface area (Å²) >= 11 is 7.39. The molecule has 1 aliphatic carbocycles. The van der Waals surface area contributed by atoms with Gasteiger partial charge in [-0.25, -0.2) is 0 Å². The highest BCUT2D eigenvalue weighted by atomic mass is 127. The number of halogens is 1.